The quantitative estimate of drug-likeness (QED) is 0.755. The van der Waals surface area contributed by atoms with Crippen LogP contribution in [0.3, 0.4) is 0 Å². The van der Waals surface area contributed by atoms with E-state index < -0.39 is 0 Å². The summed E-state index contributed by atoms with van der Waals surface area (Å²) in [4.78, 5) is 15.1. The smallest absolute Gasteiger partial charge is 0.172 e. The van der Waals surface area contributed by atoms with Crippen LogP contribution in [0.25, 0.3) is 0 Å². The fraction of sp³-hybridized carbons (Fsp3) is 0.615. The third-order valence-corrected chi connectivity index (χ3v) is 3.91. The zero-order valence-corrected chi connectivity index (χ0v) is 11.0. The van der Waals surface area contributed by atoms with E-state index in [1.54, 1.807) is 0 Å². The van der Waals surface area contributed by atoms with Crippen LogP contribution in [0.2, 0.25) is 0 Å². The van der Waals surface area contributed by atoms with Gasteiger partial charge in [-0.1, -0.05) is 6.07 Å². The van der Waals surface area contributed by atoms with Crippen molar-refractivity contribution in [1.29, 1.82) is 0 Å². The number of ether oxygens (including phenoxy) is 1. The molecule has 0 aliphatic carbocycles. The monoisotopic (exact) mass is 253 g/mol. The number of ketones is 1. The second-order valence-corrected chi connectivity index (χ2v) is 5.43. The number of hydrogen-bond acceptors (Lipinski definition) is 4. The molecule has 0 N–H and O–H groups in total. The second-order valence-electron chi connectivity index (χ2n) is 4.49. The number of hydrogen-bond donors (Lipinski definition) is 0. The summed E-state index contributed by atoms with van der Waals surface area (Å²) >= 11 is 1.53. The number of thiophene rings is 1. The molecule has 0 bridgehead atoms. The maximum atomic E-state index is 11.8. The highest BCUT2D eigenvalue weighted by Crippen LogP contribution is 2.13. The van der Waals surface area contributed by atoms with E-state index >= 15 is 0 Å². The molecule has 1 saturated heterocycles. The molecule has 2 heterocycles. The first-order valence-electron chi connectivity index (χ1n) is 6.16. The Balaban J connectivity index is 1.67. The molecule has 2 rings (SSSR count). The molecule has 1 fully saturated rings. The first kappa shape index (κ1) is 12.7. The van der Waals surface area contributed by atoms with Gasteiger partial charge in [0.05, 0.1) is 17.6 Å². The average Bonchev–Trinajstić information content (AvgIpc) is 2.82. The summed E-state index contributed by atoms with van der Waals surface area (Å²) in [5.41, 5.74) is 0. The normalized spacial score (nSPS) is 21.6. The highest BCUT2D eigenvalue weighted by Gasteiger charge is 2.16. The van der Waals surface area contributed by atoms with E-state index in [1.807, 2.05) is 17.5 Å². The van der Waals surface area contributed by atoms with Gasteiger partial charge in [0.1, 0.15) is 0 Å². The van der Waals surface area contributed by atoms with Gasteiger partial charge in [-0.2, -0.15) is 0 Å². The van der Waals surface area contributed by atoms with Gasteiger partial charge >= 0.3 is 0 Å². The predicted molar refractivity (Wildman–Crippen MR) is 69.7 cm³/mol. The first-order chi connectivity index (χ1) is 8.25. The maximum absolute atomic E-state index is 11.8. The molecule has 1 unspecified atom stereocenters. The molecule has 4 heteroatoms. The number of rotatable bonds is 5. The highest BCUT2D eigenvalue weighted by molar-refractivity contribution is 7.12. The zero-order valence-electron chi connectivity index (χ0n) is 10.2. The van der Waals surface area contributed by atoms with Crippen molar-refractivity contribution in [3.63, 3.8) is 0 Å². The summed E-state index contributed by atoms with van der Waals surface area (Å²) in [7, 11) is 0. The minimum atomic E-state index is 0.279. The van der Waals surface area contributed by atoms with Crippen molar-refractivity contribution in [2.75, 3.05) is 26.2 Å². The molecular formula is C13H19NO2S. The molecule has 1 atom stereocenters. The lowest BCUT2D eigenvalue weighted by molar-refractivity contribution is -0.0184. The molecule has 0 spiro atoms. The van der Waals surface area contributed by atoms with Gasteiger partial charge in [0, 0.05) is 19.5 Å². The van der Waals surface area contributed by atoms with Crippen molar-refractivity contribution in [2.24, 2.45) is 0 Å². The van der Waals surface area contributed by atoms with Gasteiger partial charge in [-0.05, 0) is 31.3 Å². The lowest BCUT2D eigenvalue weighted by Gasteiger charge is -2.30. The van der Waals surface area contributed by atoms with Crippen LogP contribution in [0.5, 0.6) is 0 Å². The highest BCUT2D eigenvalue weighted by atomic mass is 32.1. The molecule has 1 aliphatic heterocycles. The van der Waals surface area contributed by atoms with Crippen LogP contribution >= 0.6 is 11.3 Å². The molecule has 1 aromatic heterocycles. The summed E-state index contributed by atoms with van der Waals surface area (Å²) < 4.78 is 5.49. The van der Waals surface area contributed by atoms with Crippen LogP contribution in [-0.2, 0) is 4.74 Å². The summed E-state index contributed by atoms with van der Waals surface area (Å²) in [5.74, 6) is 0.279. The fourth-order valence-electron chi connectivity index (χ4n) is 2.12. The maximum Gasteiger partial charge on any atom is 0.172 e. The molecule has 0 saturated carbocycles. The van der Waals surface area contributed by atoms with Gasteiger partial charge < -0.3 is 4.74 Å². The third kappa shape index (κ3) is 3.91. The minimum absolute atomic E-state index is 0.279. The van der Waals surface area contributed by atoms with Crippen LogP contribution in [0.15, 0.2) is 17.5 Å². The Morgan fingerprint density at radius 2 is 2.53 bits per heavy atom. The molecular weight excluding hydrogens is 234 g/mol. The summed E-state index contributed by atoms with van der Waals surface area (Å²) in [6.07, 6.45) is 1.94. The third-order valence-electron chi connectivity index (χ3n) is 3.00. The number of carbonyl (C=O) groups is 1. The van der Waals surface area contributed by atoms with E-state index in [1.165, 1.54) is 11.3 Å². The van der Waals surface area contributed by atoms with Gasteiger partial charge in [0.2, 0.25) is 0 Å². The van der Waals surface area contributed by atoms with Gasteiger partial charge in [-0.25, -0.2) is 0 Å². The number of morpholine rings is 1. The van der Waals surface area contributed by atoms with Crippen molar-refractivity contribution in [1.82, 2.24) is 4.90 Å². The molecule has 17 heavy (non-hydrogen) atoms. The SMILES string of the molecule is CC1CN(CCCC(=O)c2cccs2)CCO1. The standard InChI is InChI=1S/C13H19NO2S/c1-11-10-14(7-8-16-11)6-2-4-12(15)13-5-3-9-17-13/h3,5,9,11H,2,4,6-8,10H2,1H3. The number of Topliss-reactive ketones (excluding diaryl/α,β-unsaturated/α-hetero) is 1. The van der Waals surface area contributed by atoms with E-state index in [2.05, 4.69) is 11.8 Å². The van der Waals surface area contributed by atoms with Crippen LogP contribution < -0.4 is 0 Å². The Morgan fingerprint density at radius 1 is 1.65 bits per heavy atom. The van der Waals surface area contributed by atoms with E-state index in [0.717, 1.165) is 37.5 Å². The minimum Gasteiger partial charge on any atom is -0.376 e. The summed E-state index contributed by atoms with van der Waals surface area (Å²) in [6, 6.07) is 3.84. The van der Waals surface area contributed by atoms with Crippen molar-refractivity contribution in [3.8, 4) is 0 Å². The summed E-state index contributed by atoms with van der Waals surface area (Å²) in [6.45, 7) is 5.92. The molecule has 94 valence electrons. The Labute approximate surface area is 106 Å². The topological polar surface area (TPSA) is 29.5 Å². The van der Waals surface area contributed by atoms with Crippen molar-refractivity contribution < 1.29 is 9.53 Å². The van der Waals surface area contributed by atoms with E-state index in [9.17, 15) is 4.79 Å². The Bertz CT molecular complexity index is 350. The molecule has 1 aliphatic rings. The second kappa shape index (κ2) is 6.28. The average molecular weight is 253 g/mol. The molecule has 0 aromatic carbocycles. The van der Waals surface area contributed by atoms with Gasteiger partial charge in [0.25, 0.3) is 0 Å². The fourth-order valence-corrected chi connectivity index (χ4v) is 2.81. The van der Waals surface area contributed by atoms with E-state index in [-0.39, 0.29) is 5.78 Å². The predicted octanol–water partition coefficient (Wildman–Crippen LogP) is 2.43. The number of nitrogens with zero attached hydrogens (tertiary/aromatic N) is 1. The van der Waals surface area contributed by atoms with Gasteiger partial charge in [-0.15, -0.1) is 11.3 Å². The zero-order chi connectivity index (χ0) is 12.1. The molecule has 1 aromatic rings. The van der Waals surface area contributed by atoms with E-state index in [4.69, 9.17) is 4.74 Å². The first-order valence-corrected chi connectivity index (χ1v) is 7.04. The molecule has 0 radical (unpaired) electrons. The lowest BCUT2D eigenvalue weighted by Crippen LogP contribution is -2.41. The Morgan fingerprint density at radius 3 is 3.24 bits per heavy atom. The summed E-state index contributed by atoms with van der Waals surface area (Å²) in [5, 5.41) is 1.96. The lowest BCUT2D eigenvalue weighted by atomic mass is 10.2. The van der Waals surface area contributed by atoms with Gasteiger partial charge in [0.15, 0.2) is 5.78 Å². The van der Waals surface area contributed by atoms with Crippen LogP contribution in [0, 0.1) is 0 Å². The largest absolute Gasteiger partial charge is 0.376 e. The van der Waals surface area contributed by atoms with Crippen LogP contribution in [0.4, 0.5) is 0 Å². The Kier molecular flexibility index (Phi) is 4.71. The Hall–Kier alpha value is -0.710. The van der Waals surface area contributed by atoms with Crippen LogP contribution in [-0.4, -0.2) is 43.0 Å². The van der Waals surface area contributed by atoms with E-state index in [0.29, 0.717) is 12.5 Å². The molecule has 3 nitrogen and oxygen atoms in total. The van der Waals surface area contributed by atoms with Crippen molar-refractivity contribution >= 4 is 17.1 Å². The van der Waals surface area contributed by atoms with Gasteiger partial charge in [-0.3, -0.25) is 9.69 Å². The van der Waals surface area contributed by atoms with Crippen molar-refractivity contribution in [3.05, 3.63) is 22.4 Å². The molecule has 0 amide bonds. The number of carbonyl (C=O) groups excluding carboxylic acids is 1. The van der Waals surface area contributed by atoms with Crippen molar-refractivity contribution in [2.45, 2.75) is 25.9 Å². The van der Waals surface area contributed by atoms with Crippen LogP contribution in [0.1, 0.15) is 29.4 Å².